The van der Waals surface area contributed by atoms with Crippen LogP contribution in [-0.4, -0.2) is 125 Å². The first kappa shape index (κ1) is 48.5. The van der Waals surface area contributed by atoms with E-state index in [1.165, 1.54) is 12.3 Å². The molecular weight excluding hydrogens is 960 g/mol. The van der Waals surface area contributed by atoms with E-state index in [0.29, 0.717) is 39.5 Å². The molecule has 1 atom stereocenters. The number of aromatic nitrogens is 4. The molecule has 72 heavy (non-hydrogen) atoms. The molecule has 10 rings (SSSR count). The highest BCUT2D eigenvalue weighted by molar-refractivity contribution is 7.70. The van der Waals surface area contributed by atoms with E-state index >= 15 is 0 Å². The van der Waals surface area contributed by atoms with Crippen LogP contribution >= 0.6 is 18.7 Å². The van der Waals surface area contributed by atoms with Crippen molar-refractivity contribution in [2.75, 3.05) is 86.7 Å². The van der Waals surface area contributed by atoms with Crippen LogP contribution in [0.25, 0.3) is 22.3 Å². The number of hydrogen-bond acceptors (Lipinski definition) is 14. The molecule has 3 saturated heterocycles. The van der Waals surface area contributed by atoms with Crippen molar-refractivity contribution < 1.29 is 32.9 Å². The third kappa shape index (κ3) is 9.78. The highest BCUT2D eigenvalue weighted by atomic mass is 35.5. The van der Waals surface area contributed by atoms with Crippen molar-refractivity contribution in [2.45, 2.75) is 31.7 Å². The number of carbonyl (C=O) groups is 4. The number of ether oxygens (including phenoxy) is 1. The maximum Gasteiger partial charge on any atom is 0.262 e. The molecule has 0 radical (unpaired) electrons. The fraction of sp³-hybridized carbons (Fsp3) is 0.327. The maximum absolute atomic E-state index is 14.8. The molecule has 6 heterocycles. The number of halogens is 2. The molecule has 3 N–H and O–H groups in total. The molecule has 4 aliphatic rings. The van der Waals surface area contributed by atoms with E-state index in [1.54, 1.807) is 73.7 Å². The second kappa shape index (κ2) is 19.8. The van der Waals surface area contributed by atoms with Crippen molar-refractivity contribution >= 4 is 82.2 Å². The molecular formula is C52H54ClFN11O6P. The van der Waals surface area contributed by atoms with Gasteiger partial charge in [0.15, 0.2) is 5.82 Å². The van der Waals surface area contributed by atoms with Crippen molar-refractivity contribution in [1.82, 2.24) is 34.9 Å². The Morgan fingerprint density at radius 1 is 0.806 bits per heavy atom. The van der Waals surface area contributed by atoms with Gasteiger partial charge in [0.05, 0.1) is 42.0 Å². The Hall–Kier alpha value is -7.14. The zero-order valence-corrected chi connectivity index (χ0v) is 42.0. The van der Waals surface area contributed by atoms with E-state index in [2.05, 4.69) is 40.7 Å². The number of piperazine rings is 1. The van der Waals surface area contributed by atoms with Crippen LogP contribution in [0.15, 0.2) is 91.4 Å². The third-order valence-electron chi connectivity index (χ3n) is 14.0. The van der Waals surface area contributed by atoms with E-state index in [9.17, 15) is 28.1 Å². The van der Waals surface area contributed by atoms with E-state index < -0.39 is 36.8 Å². The lowest BCUT2D eigenvalue weighted by atomic mass is 9.94. The number of anilines is 6. The third-order valence-corrected chi connectivity index (χ3v) is 15.8. The molecule has 2 aromatic heterocycles. The molecule has 4 amide bonds. The second-order valence-corrected chi connectivity index (χ2v) is 22.7. The Bertz CT molecular complexity index is 3180. The summed E-state index contributed by atoms with van der Waals surface area (Å²) in [6.07, 6.45) is 7.49. The number of imide groups is 2. The zero-order chi connectivity index (χ0) is 50.4. The first-order chi connectivity index (χ1) is 34.6. The highest BCUT2D eigenvalue weighted by Crippen LogP contribution is 2.43. The molecule has 20 heteroatoms. The topological polar surface area (TPSA) is 187 Å². The summed E-state index contributed by atoms with van der Waals surface area (Å²) in [5.41, 5.74) is 6.48. The number of amides is 4. The van der Waals surface area contributed by atoms with Gasteiger partial charge in [-0.15, -0.1) is 0 Å². The molecule has 4 aliphatic heterocycles. The fourth-order valence-corrected chi connectivity index (χ4v) is 11.5. The number of aryl methyl sites for hydroxylation is 1. The van der Waals surface area contributed by atoms with Gasteiger partial charge in [-0.05, 0) is 86.5 Å². The van der Waals surface area contributed by atoms with Gasteiger partial charge < -0.3 is 29.7 Å². The number of carbonyl (C=O) groups excluding carboxylic acids is 4. The summed E-state index contributed by atoms with van der Waals surface area (Å²) in [6.45, 7) is 9.20. The Morgan fingerprint density at radius 2 is 1.57 bits per heavy atom. The average Bonchev–Trinajstić information content (AvgIpc) is 3.91. The zero-order valence-electron chi connectivity index (χ0n) is 40.3. The fourth-order valence-electron chi connectivity index (χ4n) is 10.2. The minimum Gasteiger partial charge on any atom is -0.494 e. The van der Waals surface area contributed by atoms with Crippen LogP contribution in [0, 0.1) is 11.7 Å². The van der Waals surface area contributed by atoms with Crippen LogP contribution in [0.1, 0.15) is 46.4 Å². The number of nitrogens with zero attached hydrogens (tertiary/aromatic N) is 8. The molecule has 0 saturated carbocycles. The SMILES string of the molecule is COc1cc(N2CCC(CN3CCN(c4ccc5c(c4)C(=O)N(C4CCC(=O)NC4=O)C5=O)CC3)CC2)c(-c2cnn(C)c2)cc1Nc1ncc(Cl)c(Nc2ccc(-c3ccccc3F)cc2P(C)(C)=O)n1. The van der Waals surface area contributed by atoms with Gasteiger partial charge >= 0.3 is 0 Å². The van der Waals surface area contributed by atoms with Crippen molar-refractivity contribution in [1.29, 1.82) is 0 Å². The van der Waals surface area contributed by atoms with Crippen molar-refractivity contribution in [3.63, 3.8) is 0 Å². The van der Waals surface area contributed by atoms with Gasteiger partial charge in [0.1, 0.15) is 29.8 Å². The Balaban J connectivity index is 0.800. The van der Waals surface area contributed by atoms with Crippen molar-refractivity contribution in [2.24, 2.45) is 13.0 Å². The number of nitrogens with one attached hydrogen (secondary N) is 3. The normalized spacial score (nSPS) is 17.9. The summed E-state index contributed by atoms with van der Waals surface area (Å²) < 4.78 is 36.2. The Labute approximate surface area is 421 Å². The standard InChI is InChI=1S/C52H54ClFN11O6P/c1-61-30-33(27-56-61)37-25-42(58-52-55-28-39(53)48(60-52)57-41-12-9-32(23-46(41)72(3,4)70)35-7-5-6-8-40(35)54)45(71-2)26-44(37)64-17-15-31(16-18-64)29-62-19-21-63(22-20-62)34-10-11-36-38(24-34)51(69)65(50(36)68)43-13-14-47(66)59-49(43)67/h5-12,23-28,30-31,43H,13-22,29H2,1-4H3,(H,59,66,67)(H2,55,57,58,60). The number of fused-ring (bicyclic) bond motifs is 1. The lowest BCUT2D eigenvalue weighted by Gasteiger charge is -2.40. The minimum absolute atomic E-state index is 0.0748. The van der Waals surface area contributed by atoms with Crippen molar-refractivity contribution in [3.8, 4) is 28.0 Å². The van der Waals surface area contributed by atoms with Gasteiger partial charge in [-0.1, -0.05) is 35.9 Å². The number of piperidine rings is 2. The lowest BCUT2D eigenvalue weighted by Crippen LogP contribution is -2.54. The summed E-state index contributed by atoms with van der Waals surface area (Å²) in [6, 6.07) is 20.1. The summed E-state index contributed by atoms with van der Waals surface area (Å²) in [5, 5.41) is 14.1. The van der Waals surface area contributed by atoms with E-state index in [0.717, 1.165) is 86.1 Å². The predicted molar refractivity (Wildman–Crippen MR) is 276 cm³/mol. The highest BCUT2D eigenvalue weighted by Gasteiger charge is 2.45. The quantitative estimate of drug-likeness (QED) is 0.0762. The smallest absolute Gasteiger partial charge is 0.262 e. The number of benzene rings is 4. The van der Waals surface area contributed by atoms with Crippen LogP contribution in [0.2, 0.25) is 5.02 Å². The molecule has 0 bridgehead atoms. The van der Waals surface area contributed by atoms with Gasteiger partial charge in [-0.25, -0.2) is 9.37 Å². The average molecular weight is 1010 g/mol. The van der Waals surface area contributed by atoms with Crippen LogP contribution in [0.5, 0.6) is 5.75 Å². The van der Waals surface area contributed by atoms with E-state index in [1.807, 2.05) is 37.6 Å². The molecule has 3 fully saturated rings. The molecule has 4 aromatic carbocycles. The maximum atomic E-state index is 14.8. The molecule has 0 spiro atoms. The van der Waals surface area contributed by atoms with Crippen LogP contribution < -0.4 is 35.8 Å². The molecule has 17 nitrogen and oxygen atoms in total. The minimum atomic E-state index is -2.88. The van der Waals surface area contributed by atoms with Gasteiger partial charge in [0.25, 0.3) is 11.8 Å². The van der Waals surface area contributed by atoms with E-state index in [-0.39, 0.29) is 46.6 Å². The Morgan fingerprint density at radius 3 is 2.28 bits per heavy atom. The molecule has 372 valence electrons. The number of rotatable bonds is 13. The first-order valence-corrected chi connectivity index (χ1v) is 26.9. The van der Waals surface area contributed by atoms with Crippen LogP contribution in [0.3, 0.4) is 0 Å². The van der Waals surface area contributed by atoms with Gasteiger partial charge in [-0.3, -0.25) is 39.0 Å². The Kier molecular flexibility index (Phi) is 13.3. The molecule has 0 aliphatic carbocycles. The summed E-state index contributed by atoms with van der Waals surface area (Å²) in [4.78, 5) is 68.4. The molecule has 1 unspecified atom stereocenters. The van der Waals surface area contributed by atoms with Gasteiger partial charge in [0, 0.05) is 105 Å². The van der Waals surface area contributed by atoms with Crippen LogP contribution in [-0.2, 0) is 21.2 Å². The largest absolute Gasteiger partial charge is 0.494 e. The van der Waals surface area contributed by atoms with E-state index in [4.69, 9.17) is 21.3 Å². The summed E-state index contributed by atoms with van der Waals surface area (Å²) >= 11 is 6.67. The summed E-state index contributed by atoms with van der Waals surface area (Å²) in [7, 11) is 0.627. The predicted octanol–water partition coefficient (Wildman–Crippen LogP) is 7.52. The van der Waals surface area contributed by atoms with Crippen LogP contribution in [0.4, 0.5) is 38.9 Å². The monoisotopic (exact) mass is 1010 g/mol. The second-order valence-electron chi connectivity index (χ2n) is 19.1. The lowest BCUT2D eigenvalue weighted by molar-refractivity contribution is -0.136. The van der Waals surface area contributed by atoms with Crippen molar-refractivity contribution in [3.05, 3.63) is 113 Å². The number of methoxy groups -OCH3 is 1. The first-order valence-electron chi connectivity index (χ1n) is 23.9. The van der Waals surface area contributed by atoms with Gasteiger partial charge in [-0.2, -0.15) is 10.1 Å². The molecule has 6 aromatic rings. The van der Waals surface area contributed by atoms with Gasteiger partial charge in [0.2, 0.25) is 17.8 Å². The summed E-state index contributed by atoms with van der Waals surface area (Å²) in [5.74, 6) is -0.807. The number of hydrogen-bond donors (Lipinski definition) is 3.